The largest absolute Gasteiger partial charge is 0.481 e. The number of carbonyl (C=O) groups is 2. The Kier molecular flexibility index (Phi) is 6.95. The number of urea groups is 1. The van der Waals surface area contributed by atoms with Gasteiger partial charge in [-0.25, -0.2) is 4.79 Å². The summed E-state index contributed by atoms with van der Waals surface area (Å²) in [6.45, 7) is 9.05. The van der Waals surface area contributed by atoms with Crippen LogP contribution in [0.4, 0.5) is 4.79 Å². The van der Waals surface area contributed by atoms with Crippen LogP contribution >= 0.6 is 0 Å². The highest BCUT2D eigenvalue weighted by Crippen LogP contribution is 2.37. The smallest absolute Gasteiger partial charge is 0.315 e. The maximum atomic E-state index is 11.9. The van der Waals surface area contributed by atoms with Crippen molar-refractivity contribution < 1.29 is 14.7 Å². The molecule has 0 spiro atoms. The molecule has 1 fully saturated rings. The van der Waals surface area contributed by atoms with Gasteiger partial charge in [-0.3, -0.25) is 4.79 Å². The Morgan fingerprint density at radius 2 is 1.81 bits per heavy atom. The molecule has 0 bridgehead atoms. The number of carboxylic acid groups (broad SMARTS) is 1. The molecule has 0 radical (unpaired) electrons. The Labute approximate surface area is 127 Å². The normalized spacial score (nSPS) is 18.5. The standard InChI is InChI=1S/C15H29N3O3/c1-4-18(5-2)10-12(3)17-14(21)16-11-15(13(19)20)8-6-7-9-15/h12H,4-11H2,1-3H3,(H,19,20)(H2,16,17,21). The highest BCUT2D eigenvalue weighted by molar-refractivity contribution is 5.78. The Morgan fingerprint density at radius 3 is 2.29 bits per heavy atom. The van der Waals surface area contributed by atoms with Crippen LogP contribution in [0.25, 0.3) is 0 Å². The maximum absolute atomic E-state index is 11.9. The minimum Gasteiger partial charge on any atom is -0.481 e. The lowest BCUT2D eigenvalue weighted by atomic mass is 9.86. The fraction of sp³-hybridized carbons (Fsp3) is 0.867. The Bertz CT molecular complexity index is 350. The van der Waals surface area contributed by atoms with Crippen LogP contribution in [-0.2, 0) is 4.79 Å². The van der Waals surface area contributed by atoms with E-state index in [0.29, 0.717) is 12.8 Å². The number of hydrogen-bond acceptors (Lipinski definition) is 3. The quantitative estimate of drug-likeness (QED) is 0.636. The molecule has 0 aromatic heterocycles. The average Bonchev–Trinajstić information content (AvgIpc) is 2.92. The number of hydrogen-bond donors (Lipinski definition) is 3. The third kappa shape index (κ3) is 5.19. The van der Waals surface area contributed by atoms with Crippen LogP contribution < -0.4 is 10.6 Å². The molecular weight excluding hydrogens is 270 g/mol. The first-order valence-corrected chi connectivity index (χ1v) is 7.93. The topological polar surface area (TPSA) is 81.7 Å². The third-order valence-corrected chi connectivity index (χ3v) is 4.41. The molecule has 3 N–H and O–H groups in total. The molecule has 0 aliphatic heterocycles. The monoisotopic (exact) mass is 299 g/mol. The van der Waals surface area contributed by atoms with Gasteiger partial charge in [-0.15, -0.1) is 0 Å². The first-order chi connectivity index (χ1) is 9.93. The van der Waals surface area contributed by atoms with Crippen LogP contribution in [0.15, 0.2) is 0 Å². The zero-order valence-electron chi connectivity index (χ0n) is 13.4. The van der Waals surface area contributed by atoms with Crippen molar-refractivity contribution in [3.8, 4) is 0 Å². The van der Waals surface area contributed by atoms with Crippen molar-refractivity contribution in [1.82, 2.24) is 15.5 Å². The Balaban J connectivity index is 2.38. The number of nitrogens with one attached hydrogen (secondary N) is 2. The number of amides is 2. The lowest BCUT2D eigenvalue weighted by Crippen LogP contribution is -2.49. The van der Waals surface area contributed by atoms with Gasteiger partial charge in [0.25, 0.3) is 0 Å². The van der Waals surface area contributed by atoms with E-state index in [4.69, 9.17) is 0 Å². The predicted molar refractivity (Wildman–Crippen MR) is 82.3 cm³/mol. The van der Waals surface area contributed by atoms with E-state index >= 15 is 0 Å². The molecule has 0 saturated heterocycles. The van der Waals surface area contributed by atoms with E-state index in [1.807, 2.05) is 6.92 Å². The molecular formula is C15H29N3O3. The second-order valence-electron chi connectivity index (χ2n) is 6.01. The molecule has 0 aromatic rings. The minimum atomic E-state index is -0.795. The summed E-state index contributed by atoms with van der Waals surface area (Å²) >= 11 is 0. The van der Waals surface area contributed by atoms with Gasteiger partial charge in [-0.1, -0.05) is 26.7 Å². The zero-order chi connectivity index (χ0) is 15.9. The van der Waals surface area contributed by atoms with Gasteiger partial charge >= 0.3 is 12.0 Å². The summed E-state index contributed by atoms with van der Waals surface area (Å²) in [6.07, 6.45) is 3.15. The van der Waals surface area contributed by atoms with E-state index in [1.54, 1.807) is 0 Å². The number of likely N-dealkylation sites (N-methyl/N-ethyl adjacent to an activating group) is 1. The molecule has 0 aromatic carbocycles. The van der Waals surface area contributed by atoms with Crippen LogP contribution in [0, 0.1) is 5.41 Å². The molecule has 1 atom stereocenters. The van der Waals surface area contributed by atoms with Gasteiger partial charge in [-0.05, 0) is 32.9 Å². The summed E-state index contributed by atoms with van der Waals surface area (Å²) in [7, 11) is 0. The van der Waals surface area contributed by atoms with Crippen molar-refractivity contribution in [2.45, 2.75) is 52.5 Å². The van der Waals surface area contributed by atoms with Gasteiger partial charge in [-0.2, -0.15) is 0 Å². The number of nitrogens with zero attached hydrogens (tertiary/aromatic N) is 1. The first-order valence-electron chi connectivity index (χ1n) is 7.93. The molecule has 2 amide bonds. The van der Waals surface area contributed by atoms with Crippen LogP contribution in [0.5, 0.6) is 0 Å². The second kappa shape index (κ2) is 8.22. The SMILES string of the molecule is CCN(CC)CC(C)NC(=O)NCC1(C(=O)O)CCCC1. The van der Waals surface area contributed by atoms with Crippen molar-refractivity contribution in [2.75, 3.05) is 26.2 Å². The van der Waals surface area contributed by atoms with Crippen LogP contribution in [0.1, 0.15) is 46.5 Å². The summed E-state index contributed by atoms with van der Waals surface area (Å²) in [5, 5.41) is 15.0. The van der Waals surface area contributed by atoms with Gasteiger partial charge in [0.2, 0.25) is 0 Å². The first kappa shape index (κ1) is 17.8. The summed E-state index contributed by atoms with van der Waals surface area (Å²) in [5.41, 5.74) is -0.764. The van der Waals surface area contributed by atoms with Crippen molar-refractivity contribution >= 4 is 12.0 Å². The van der Waals surface area contributed by atoms with E-state index < -0.39 is 11.4 Å². The average molecular weight is 299 g/mol. The lowest BCUT2D eigenvalue weighted by Gasteiger charge is -2.26. The molecule has 21 heavy (non-hydrogen) atoms. The number of rotatable bonds is 8. The third-order valence-electron chi connectivity index (χ3n) is 4.41. The van der Waals surface area contributed by atoms with E-state index in [9.17, 15) is 14.7 Å². The van der Waals surface area contributed by atoms with Gasteiger partial charge in [0.1, 0.15) is 0 Å². The van der Waals surface area contributed by atoms with Crippen molar-refractivity contribution in [3.05, 3.63) is 0 Å². The van der Waals surface area contributed by atoms with Crippen molar-refractivity contribution in [2.24, 2.45) is 5.41 Å². The second-order valence-corrected chi connectivity index (χ2v) is 6.01. The summed E-state index contributed by atoms with van der Waals surface area (Å²) in [4.78, 5) is 25.5. The van der Waals surface area contributed by atoms with Gasteiger partial charge in [0.05, 0.1) is 5.41 Å². The highest BCUT2D eigenvalue weighted by atomic mass is 16.4. The lowest BCUT2D eigenvalue weighted by molar-refractivity contribution is -0.148. The molecule has 6 heteroatoms. The Morgan fingerprint density at radius 1 is 1.24 bits per heavy atom. The minimum absolute atomic E-state index is 0.0363. The molecule has 6 nitrogen and oxygen atoms in total. The number of carboxylic acids is 1. The molecule has 1 unspecified atom stereocenters. The molecule has 0 heterocycles. The fourth-order valence-corrected chi connectivity index (χ4v) is 2.96. The van der Waals surface area contributed by atoms with E-state index in [1.165, 1.54) is 0 Å². The van der Waals surface area contributed by atoms with Gasteiger partial charge in [0.15, 0.2) is 0 Å². The summed E-state index contributed by atoms with van der Waals surface area (Å²) < 4.78 is 0. The van der Waals surface area contributed by atoms with Crippen LogP contribution in [0.2, 0.25) is 0 Å². The number of carbonyl (C=O) groups excluding carboxylic acids is 1. The molecule has 1 saturated carbocycles. The molecule has 1 rings (SSSR count). The van der Waals surface area contributed by atoms with Crippen molar-refractivity contribution in [3.63, 3.8) is 0 Å². The maximum Gasteiger partial charge on any atom is 0.315 e. The van der Waals surface area contributed by atoms with Crippen molar-refractivity contribution in [1.29, 1.82) is 0 Å². The van der Waals surface area contributed by atoms with Crippen LogP contribution in [-0.4, -0.2) is 54.2 Å². The molecule has 1 aliphatic rings. The zero-order valence-corrected chi connectivity index (χ0v) is 13.4. The predicted octanol–water partition coefficient (Wildman–Crippen LogP) is 1.66. The summed E-state index contributed by atoms with van der Waals surface area (Å²) in [6, 6.07) is -0.239. The highest BCUT2D eigenvalue weighted by Gasteiger charge is 2.41. The van der Waals surface area contributed by atoms with Crippen LogP contribution in [0.3, 0.4) is 0 Å². The van der Waals surface area contributed by atoms with E-state index in [-0.39, 0.29) is 18.6 Å². The fourth-order valence-electron chi connectivity index (χ4n) is 2.96. The summed E-state index contributed by atoms with van der Waals surface area (Å²) in [5.74, 6) is -0.795. The molecule has 1 aliphatic carbocycles. The van der Waals surface area contributed by atoms with Gasteiger partial charge in [0, 0.05) is 19.1 Å². The Hall–Kier alpha value is -1.30. The van der Waals surface area contributed by atoms with E-state index in [2.05, 4.69) is 29.4 Å². The van der Waals surface area contributed by atoms with E-state index in [0.717, 1.165) is 32.5 Å². The number of aliphatic carboxylic acids is 1. The van der Waals surface area contributed by atoms with Gasteiger partial charge < -0.3 is 20.6 Å². The molecule has 122 valence electrons.